The Hall–Kier alpha value is -0.580. The number of rotatable bonds is 3. The molecule has 1 aliphatic carbocycles. The average molecular weight is 273 g/mol. The van der Waals surface area contributed by atoms with Crippen molar-refractivity contribution in [2.45, 2.75) is 31.8 Å². The summed E-state index contributed by atoms with van der Waals surface area (Å²) < 4.78 is 0.762. The summed E-state index contributed by atoms with van der Waals surface area (Å²) in [5.74, 6) is 0.176. The molecule has 1 aromatic rings. The van der Waals surface area contributed by atoms with Crippen molar-refractivity contribution in [3.63, 3.8) is 0 Å². The first-order valence-electron chi connectivity index (χ1n) is 5.82. The summed E-state index contributed by atoms with van der Waals surface area (Å²) in [5, 5.41) is 0. The topological polar surface area (TPSA) is 46.3 Å². The fourth-order valence-electron chi connectivity index (χ4n) is 2.33. The molecule has 0 spiro atoms. The third-order valence-corrected chi connectivity index (χ3v) is 4.50. The van der Waals surface area contributed by atoms with Crippen LogP contribution >= 0.6 is 22.9 Å². The van der Waals surface area contributed by atoms with Crippen LogP contribution in [0.1, 0.15) is 24.1 Å². The smallest absolute Gasteiger partial charge is 0.227 e. The lowest BCUT2D eigenvalue weighted by Crippen LogP contribution is -2.39. The Bertz CT molecular complexity index is 407. The summed E-state index contributed by atoms with van der Waals surface area (Å²) in [4.78, 5) is 15.1. The lowest BCUT2D eigenvalue weighted by Gasteiger charge is -2.22. The number of nitrogens with two attached hydrogens (primary N) is 1. The van der Waals surface area contributed by atoms with Gasteiger partial charge in [0.15, 0.2) is 0 Å². The zero-order valence-electron chi connectivity index (χ0n) is 9.86. The average Bonchev–Trinajstić information content (AvgIpc) is 2.86. The Kier molecular flexibility index (Phi) is 4.07. The van der Waals surface area contributed by atoms with E-state index in [2.05, 4.69) is 0 Å². The maximum absolute atomic E-state index is 12.2. The van der Waals surface area contributed by atoms with Crippen LogP contribution in [0, 0.1) is 5.92 Å². The number of carbonyl (C=O) groups is 1. The predicted octanol–water partition coefficient (Wildman–Crippen LogP) is 2.49. The molecule has 94 valence electrons. The van der Waals surface area contributed by atoms with E-state index < -0.39 is 0 Å². The molecule has 0 unspecified atom stereocenters. The number of amides is 1. The molecule has 1 amide bonds. The SMILES string of the molecule is CN(Cc1ccc(Cl)s1)C(=O)[C@H]1CCC[C@@H]1N. The summed E-state index contributed by atoms with van der Waals surface area (Å²) in [6.07, 6.45) is 2.96. The van der Waals surface area contributed by atoms with Gasteiger partial charge in [-0.15, -0.1) is 11.3 Å². The van der Waals surface area contributed by atoms with Crippen molar-refractivity contribution in [2.24, 2.45) is 11.7 Å². The third kappa shape index (κ3) is 3.00. The van der Waals surface area contributed by atoms with Gasteiger partial charge in [-0.2, -0.15) is 0 Å². The first-order chi connectivity index (χ1) is 8.08. The minimum absolute atomic E-state index is 0.00966. The molecule has 1 fully saturated rings. The fourth-order valence-corrected chi connectivity index (χ4v) is 3.47. The van der Waals surface area contributed by atoms with Crippen molar-refractivity contribution in [1.82, 2.24) is 4.90 Å². The first kappa shape index (κ1) is 12.9. The van der Waals surface area contributed by atoms with Gasteiger partial charge < -0.3 is 10.6 Å². The maximum Gasteiger partial charge on any atom is 0.227 e. The second-order valence-corrected chi connectivity index (χ2v) is 6.40. The molecule has 17 heavy (non-hydrogen) atoms. The van der Waals surface area contributed by atoms with Gasteiger partial charge in [-0.05, 0) is 25.0 Å². The zero-order chi connectivity index (χ0) is 12.4. The minimum atomic E-state index is 0.00966. The van der Waals surface area contributed by atoms with Crippen LogP contribution in [0.25, 0.3) is 0 Å². The number of nitrogens with zero attached hydrogens (tertiary/aromatic N) is 1. The van der Waals surface area contributed by atoms with E-state index in [1.807, 2.05) is 19.2 Å². The lowest BCUT2D eigenvalue weighted by molar-refractivity contribution is -0.134. The summed E-state index contributed by atoms with van der Waals surface area (Å²) in [7, 11) is 1.83. The summed E-state index contributed by atoms with van der Waals surface area (Å²) in [6.45, 7) is 0.624. The molecule has 2 N–H and O–H groups in total. The van der Waals surface area contributed by atoms with Crippen LogP contribution in [0.5, 0.6) is 0 Å². The van der Waals surface area contributed by atoms with E-state index in [1.165, 1.54) is 11.3 Å². The summed E-state index contributed by atoms with van der Waals surface area (Å²) in [5.41, 5.74) is 5.95. The quantitative estimate of drug-likeness (QED) is 0.919. The van der Waals surface area contributed by atoms with Gasteiger partial charge in [0.2, 0.25) is 5.91 Å². The number of hydrogen-bond donors (Lipinski definition) is 1. The number of thiophene rings is 1. The molecule has 1 aliphatic rings. The van der Waals surface area contributed by atoms with E-state index in [4.69, 9.17) is 17.3 Å². The largest absolute Gasteiger partial charge is 0.340 e. The van der Waals surface area contributed by atoms with Crippen molar-refractivity contribution in [3.05, 3.63) is 21.3 Å². The minimum Gasteiger partial charge on any atom is -0.340 e. The summed E-state index contributed by atoms with van der Waals surface area (Å²) >= 11 is 7.39. The van der Waals surface area contributed by atoms with Gasteiger partial charge in [0.1, 0.15) is 0 Å². The van der Waals surface area contributed by atoms with Crippen molar-refractivity contribution in [2.75, 3.05) is 7.05 Å². The van der Waals surface area contributed by atoms with Crippen LogP contribution in [0.3, 0.4) is 0 Å². The molecule has 1 heterocycles. The second kappa shape index (κ2) is 5.38. The van der Waals surface area contributed by atoms with Crippen LogP contribution in [0.2, 0.25) is 4.34 Å². The van der Waals surface area contributed by atoms with Gasteiger partial charge >= 0.3 is 0 Å². The number of carbonyl (C=O) groups excluding carboxylic acids is 1. The molecule has 1 aromatic heterocycles. The zero-order valence-corrected chi connectivity index (χ0v) is 11.4. The molecule has 0 aromatic carbocycles. The van der Waals surface area contributed by atoms with E-state index in [-0.39, 0.29) is 17.9 Å². The highest BCUT2D eigenvalue weighted by atomic mass is 35.5. The van der Waals surface area contributed by atoms with E-state index >= 15 is 0 Å². The lowest BCUT2D eigenvalue weighted by atomic mass is 10.0. The van der Waals surface area contributed by atoms with Crippen molar-refractivity contribution >= 4 is 28.8 Å². The Morgan fingerprint density at radius 1 is 1.59 bits per heavy atom. The van der Waals surface area contributed by atoms with E-state index in [9.17, 15) is 4.79 Å². The van der Waals surface area contributed by atoms with Gasteiger partial charge in [0, 0.05) is 18.0 Å². The highest BCUT2D eigenvalue weighted by Gasteiger charge is 2.32. The van der Waals surface area contributed by atoms with E-state index in [0.29, 0.717) is 6.54 Å². The van der Waals surface area contributed by atoms with Gasteiger partial charge in [0.05, 0.1) is 16.8 Å². The highest BCUT2D eigenvalue weighted by molar-refractivity contribution is 7.16. The van der Waals surface area contributed by atoms with Crippen LogP contribution in [-0.4, -0.2) is 23.9 Å². The van der Waals surface area contributed by atoms with Gasteiger partial charge in [-0.1, -0.05) is 18.0 Å². The molecular weight excluding hydrogens is 256 g/mol. The Labute approximate surface area is 111 Å². The molecule has 2 rings (SSSR count). The predicted molar refractivity (Wildman–Crippen MR) is 71.1 cm³/mol. The van der Waals surface area contributed by atoms with Crippen LogP contribution < -0.4 is 5.73 Å². The van der Waals surface area contributed by atoms with Crippen LogP contribution in [0.4, 0.5) is 0 Å². The number of halogens is 1. The number of hydrogen-bond acceptors (Lipinski definition) is 3. The van der Waals surface area contributed by atoms with Gasteiger partial charge in [-0.25, -0.2) is 0 Å². The van der Waals surface area contributed by atoms with E-state index in [0.717, 1.165) is 28.5 Å². The molecular formula is C12H17ClN2OS. The maximum atomic E-state index is 12.2. The molecule has 2 atom stereocenters. The Morgan fingerprint density at radius 3 is 2.88 bits per heavy atom. The standard InChI is InChI=1S/C12H17ClN2OS/c1-15(7-8-5-6-11(13)17-8)12(16)9-3-2-4-10(9)14/h5-6,9-10H,2-4,7,14H2,1H3/t9-,10-/m0/s1. The van der Waals surface area contributed by atoms with Crippen LogP contribution in [-0.2, 0) is 11.3 Å². The molecule has 5 heteroatoms. The van der Waals surface area contributed by atoms with E-state index in [1.54, 1.807) is 4.90 Å². The molecule has 0 aliphatic heterocycles. The fraction of sp³-hybridized carbons (Fsp3) is 0.583. The second-order valence-electron chi connectivity index (χ2n) is 4.60. The van der Waals surface area contributed by atoms with Crippen LogP contribution in [0.15, 0.2) is 12.1 Å². The Morgan fingerprint density at radius 2 is 2.35 bits per heavy atom. The monoisotopic (exact) mass is 272 g/mol. The van der Waals surface area contributed by atoms with Gasteiger partial charge in [-0.3, -0.25) is 4.79 Å². The molecule has 0 bridgehead atoms. The van der Waals surface area contributed by atoms with Crippen molar-refractivity contribution < 1.29 is 4.79 Å². The van der Waals surface area contributed by atoms with Crippen molar-refractivity contribution in [1.29, 1.82) is 0 Å². The highest BCUT2D eigenvalue weighted by Crippen LogP contribution is 2.27. The molecule has 0 radical (unpaired) electrons. The normalized spacial score (nSPS) is 23.9. The molecule has 1 saturated carbocycles. The molecule has 0 saturated heterocycles. The van der Waals surface area contributed by atoms with Gasteiger partial charge in [0.25, 0.3) is 0 Å². The summed E-state index contributed by atoms with van der Waals surface area (Å²) in [6, 6.07) is 3.86. The molecule has 3 nitrogen and oxygen atoms in total. The Balaban J connectivity index is 1.95. The third-order valence-electron chi connectivity index (χ3n) is 3.28. The first-order valence-corrected chi connectivity index (χ1v) is 7.02. The van der Waals surface area contributed by atoms with Crippen molar-refractivity contribution in [3.8, 4) is 0 Å².